The number of hydrogen-bond donors (Lipinski definition) is 3. The average Bonchev–Trinajstić information content (AvgIpc) is 2.96. The van der Waals surface area contributed by atoms with Gasteiger partial charge in [-0.15, -0.1) is 0 Å². The number of hydrogen-bond acceptors (Lipinski definition) is 7. The molecule has 0 saturated heterocycles. The van der Waals surface area contributed by atoms with Crippen molar-refractivity contribution in [3.8, 4) is 0 Å². The van der Waals surface area contributed by atoms with Crippen LogP contribution in [0.2, 0.25) is 0 Å². The molecule has 0 fully saturated rings. The fourth-order valence-electron chi connectivity index (χ4n) is 2.00. The highest BCUT2D eigenvalue weighted by Crippen LogP contribution is 2.09. The topological polar surface area (TPSA) is 114 Å². The van der Waals surface area contributed by atoms with Crippen molar-refractivity contribution in [3.63, 3.8) is 0 Å². The van der Waals surface area contributed by atoms with Crippen molar-refractivity contribution in [2.24, 2.45) is 0 Å². The summed E-state index contributed by atoms with van der Waals surface area (Å²) in [4.78, 5) is 0. The maximum absolute atomic E-state index is 11.3. The molecular weight excluding hydrogens is 394 g/mol. The standard InChI is InChI=1S/C12H17N3O5S4/c16-23(17)5-1-9(7-23)14-11(21)13-3-4-20-12(22)15-10-2-6-24(18,19)8-10/h1-2H,3-8H2,(H,15,22)(H2,13,14,21). The highest BCUT2D eigenvalue weighted by molar-refractivity contribution is 7.92. The first-order valence-electron chi connectivity index (χ1n) is 6.93. The van der Waals surface area contributed by atoms with Gasteiger partial charge in [-0.1, -0.05) is 0 Å². The number of rotatable bonds is 5. The highest BCUT2D eigenvalue weighted by Gasteiger charge is 2.21. The van der Waals surface area contributed by atoms with E-state index in [4.69, 9.17) is 29.2 Å². The molecule has 0 aliphatic carbocycles. The van der Waals surface area contributed by atoms with Gasteiger partial charge in [0.25, 0.3) is 5.17 Å². The third-order valence-corrected chi connectivity index (χ3v) is 6.39. The Hall–Kier alpha value is -1.24. The molecule has 3 N–H and O–H groups in total. The van der Waals surface area contributed by atoms with Crippen molar-refractivity contribution in [2.75, 3.05) is 36.2 Å². The second-order valence-corrected chi connectivity index (χ2v) is 10.2. The van der Waals surface area contributed by atoms with E-state index in [9.17, 15) is 16.8 Å². The van der Waals surface area contributed by atoms with Gasteiger partial charge in [-0.3, -0.25) is 0 Å². The van der Waals surface area contributed by atoms with Crippen LogP contribution in [0.15, 0.2) is 23.5 Å². The Balaban J connectivity index is 1.59. The zero-order chi connectivity index (χ0) is 17.8. The number of ether oxygens (including phenoxy) is 1. The van der Waals surface area contributed by atoms with Gasteiger partial charge in [-0.2, -0.15) is 0 Å². The monoisotopic (exact) mass is 411 g/mol. The lowest BCUT2D eigenvalue weighted by molar-refractivity contribution is 0.307. The van der Waals surface area contributed by atoms with E-state index in [2.05, 4.69) is 16.0 Å². The normalized spacial score (nSPS) is 20.7. The second kappa shape index (κ2) is 7.76. The van der Waals surface area contributed by atoms with Crippen molar-refractivity contribution in [2.45, 2.75) is 0 Å². The van der Waals surface area contributed by atoms with Crippen LogP contribution in [0, 0.1) is 0 Å². The molecule has 0 amide bonds. The van der Waals surface area contributed by atoms with E-state index in [-0.39, 0.29) is 34.8 Å². The zero-order valence-corrected chi connectivity index (χ0v) is 15.8. The van der Waals surface area contributed by atoms with Crippen LogP contribution < -0.4 is 16.0 Å². The molecule has 2 aliphatic heterocycles. The van der Waals surface area contributed by atoms with Crippen LogP contribution in [-0.4, -0.2) is 63.3 Å². The van der Waals surface area contributed by atoms with Crippen molar-refractivity contribution in [3.05, 3.63) is 23.5 Å². The first-order valence-corrected chi connectivity index (χ1v) is 11.4. The molecule has 12 heteroatoms. The Morgan fingerprint density at radius 2 is 1.54 bits per heavy atom. The van der Waals surface area contributed by atoms with Crippen LogP contribution in [0.4, 0.5) is 0 Å². The summed E-state index contributed by atoms with van der Waals surface area (Å²) in [6.45, 7) is 0.566. The second-order valence-electron chi connectivity index (χ2n) is 5.21. The molecule has 8 nitrogen and oxygen atoms in total. The SMILES string of the molecule is O=S1(=O)CC=C(NC(=S)NCCOC(=S)NC2=CCS(=O)(=O)C2)C1. The smallest absolute Gasteiger partial charge is 0.260 e. The van der Waals surface area contributed by atoms with Gasteiger partial charge in [-0.05, 0) is 36.6 Å². The Labute approximate surface area is 151 Å². The van der Waals surface area contributed by atoms with E-state index in [0.29, 0.717) is 23.1 Å². The summed E-state index contributed by atoms with van der Waals surface area (Å²) in [7, 11) is -6.09. The maximum Gasteiger partial charge on any atom is 0.260 e. The quantitative estimate of drug-likeness (QED) is 0.383. The number of sulfone groups is 2. The lowest BCUT2D eigenvalue weighted by atomic mass is 10.4. The summed E-state index contributed by atoms with van der Waals surface area (Å²) in [6.07, 6.45) is 3.15. The minimum Gasteiger partial charge on any atom is -0.469 e. The van der Waals surface area contributed by atoms with Crippen LogP contribution in [0.5, 0.6) is 0 Å². The van der Waals surface area contributed by atoms with Gasteiger partial charge in [0.2, 0.25) is 0 Å². The van der Waals surface area contributed by atoms with Gasteiger partial charge >= 0.3 is 0 Å². The van der Waals surface area contributed by atoms with Gasteiger partial charge in [0.15, 0.2) is 24.8 Å². The predicted molar refractivity (Wildman–Crippen MR) is 98.9 cm³/mol. The van der Waals surface area contributed by atoms with Gasteiger partial charge < -0.3 is 20.7 Å². The molecular formula is C12H17N3O5S4. The van der Waals surface area contributed by atoms with Crippen LogP contribution >= 0.6 is 24.4 Å². The fourth-order valence-corrected chi connectivity index (χ4v) is 4.93. The van der Waals surface area contributed by atoms with Crippen LogP contribution in [-0.2, 0) is 24.4 Å². The minimum absolute atomic E-state index is 0.00497. The molecule has 2 rings (SSSR count). The van der Waals surface area contributed by atoms with Gasteiger partial charge in [-0.25, -0.2) is 16.8 Å². The Morgan fingerprint density at radius 3 is 2.04 bits per heavy atom. The molecule has 0 aromatic carbocycles. The van der Waals surface area contributed by atoms with E-state index in [1.54, 1.807) is 12.2 Å². The van der Waals surface area contributed by atoms with E-state index < -0.39 is 19.7 Å². The molecule has 134 valence electrons. The molecule has 0 aromatic rings. The van der Waals surface area contributed by atoms with E-state index in [0.717, 1.165) is 0 Å². The number of thiocarbonyl (C=S) groups is 2. The lowest BCUT2D eigenvalue weighted by Crippen LogP contribution is -2.38. The summed E-state index contributed by atoms with van der Waals surface area (Å²) in [5.74, 6) is -0.0876. The summed E-state index contributed by atoms with van der Waals surface area (Å²) in [6, 6.07) is 0. The van der Waals surface area contributed by atoms with E-state index in [1.165, 1.54) is 0 Å². The lowest BCUT2D eigenvalue weighted by Gasteiger charge is -2.12. The maximum atomic E-state index is 11.3. The molecule has 0 bridgehead atoms. The first-order chi connectivity index (χ1) is 11.2. The largest absolute Gasteiger partial charge is 0.469 e. The third-order valence-electron chi connectivity index (χ3n) is 3.08. The summed E-state index contributed by atoms with van der Waals surface area (Å²) in [5.41, 5.74) is 1.07. The van der Waals surface area contributed by atoms with Crippen LogP contribution in [0.25, 0.3) is 0 Å². The Morgan fingerprint density at radius 1 is 1.00 bits per heavy atom. The Kier molecular flexibility index (Phi) is 6.17. The third kappa shape index (κ3) is 6.34. The summed E-state index contributed by atoms with van der Waals surface area (Å²) >= 11 is 10.0. The van der Waals surface area contributed by atoms with Crippen LogP contribution in [0.3, 0.4) is 0 Å². The molecule has 0 saturated carbocycles. The van der Waals surface area contributed by atoms with Crippen molar-refractivity contribution < 1.29 is 21.6 Å². The Bertz CT molecular complexity index is 731. The molecule has 2 heterocycles. The minimum atomic E-state index is -3.05. The zero-order valence-electron chi connectivity index (χ0n) is 12.6. The predicted octanol–water partition coefficient (Wildman–Crippen LogP) is -1.03. The molecule has 0 radical (unpaired) electrons. The van der Waals surface area contributed by atoms with E-state index in [1.807, 2.05) is 0 Å². The summed E-state index contributed by atoms with van der Waals surface area (Å²) < 4.78 is 50.4. The average molecular weight is 412 g/mol. The fraction of sp³-hybridized carbons (Fsp3) is 0.500. The number of nitrogens with one attached hydrogen (secondary N) is 3. The van der Waals surface area contributed by atoms with Gasteiger partial charge in [0, 0.05) is 11.4 Å². The molecule has 0 spiro atoms. The molecule has 24 heavy (non-hydrogen) atoms. The molecule has 2 aliphatic rings. The molecule has 0 atom stereocenters. The molecule has 0 unspecified atom stereocenters. The van der Waals surface area contributed by atoms with Gasteiger partial charge in [0.05, 0.1) is 29.6 Å². The first kappa shape index (κ1) is 19.1. The van der Waals surface area contributed by atoms with Gasteiger partial charge in [0.1, 0.15) is 6.61 Å². The van der Waals surface area contributed by atoms with E-state index >= 15 is 0 Å². The van der Waals surface area contributed by atoms with Crippen LogP contribution in [0.1, 0.15) is 0 Å². The molecule has 0 aromatic heterocycles. The highest BCUT2D eigenvalue weighted by atomic mass is 32.2. The summed E-state index contributed by atoms with van der Waals surface area (Å²) in [5, 5.41) is 8.79. The van der Waals surface area contributed by atoms with Crippen molar-refractivity contribution in [1.29, 1.82) is 0 Å². The van der Waals surface area contributed by atoms with Crippen molar-refractivity contribution in [1.82, 2.24) is 16.0 Å². The van der Waals surface area contributed by atoms with Crippen molar-refractivity contribution >= 4 is 54.4 Å².